The van der Waals surface area contributed by atoms with Crippen LogP contribution in [0.5, 0.6) is 11.5 Å². The topological polar surface area (TPSA) is 70.5 Å². The minimum Gasteiger partial charge on any atom is -0.490 e. The zero-order valence-corrected chi connectivity index (χ0v) is 11.7. The van der Waals surface area contributed by atoms with Crippen LogP contribution in [0.3, 0.4) is 0 Å². The summed E-state index contributed by atoms with van der Waals surface area (Å²) in [6.07, 6.45) is 0.886. The van der Waals surface area contributed by atoms with Gasteiger partial charge in [-0.2, -0.15) is 0 Å². The molecule has 0 saturated carbocycles. The van der Waals surface area contributed by atoms with Crippen LogP contribution in [0.1, 0.15) is 31.7 Å². The average molecular weight is 274 g/mol. The highest BCUT2D eigenvalue weighted by Gasteiger charge is 2.23. The smallest absolute Gasteiger partial charge is 0.169 e. The summed E-state index contributed by atoms with van der Waals surface area (Å²) in [5, 5.41) is 3.75. The third kappa shape index (κ3) is 2.19. The zero-order valence-electron chi connectivity index (χ0n) is 11.7. The van der Waals surface area contributed by atoms with E-state index >= 15 is 0 Å². The summed E-state index contributed by atoms with van der Waals surface area (Å²) in [7, 11) is 0. The van der Waals surface area contributed by atoms with Gasteiger partial charge in [-0.3, -0.25) is 0 Å². The summed E-state index contributed by atoms with van der Waals surface area (Å²) < 4.78 is 16.9. The molecule has 2 aromatic rings. The van der Waals surface area contributed by atoms with E-state index in [2.05, 4.69) is 19.0 Å². The number of benzene rings is 1. The minimum atomic E-state index is 0.271. The molecule has 0 saturated heterocycles. The molecule has 0 fully saturated rings. The Morgan fingerprint density at radius 1 is 1.20 bits per heavy atom. The van der Waals surface area contributed by atoms with E-state index < -0.39 is 0 Å². The highest BCUT2D eigenvalue weighted by molar-refractivity contribution is 5.71. The van der Waals surface area contributed by atoms with E-state index in [4.69, 9.17) is 19.7 Å². The number of fused-ring (bicyclic) bond motifs is 1. The molecular weight excluding hydrogens is 256 g/mol. The normalized spacial score (nSPS) is 14.3. The largest absolute Gasteiger partial charge is 0.490 e. The fourth-order valence-corrected chi connectivity index (χ4v) is 2.46. The Bertz CT molecular complexity index is 620. The third-order valence-corrected chi connectivity index (χ3v) is 3.32. The first kappa shape index (κ1) is 12.8. The van der Waals surface area contributed by atoms with Gasteiger partial charge >= 0.3 is 0 Å². The lowest BCUT2D eigenvalue weighted by atomic mass is 9.94. The predicted octanol–water partition coefficient (Wildman–Crippen LogP) is 3.21. The molecule has 1 aliphatic rings. The maximum absolute atomic E-state index is 5.89. The molecule has 0 radical (unpaired) electrons. The molecular formula is C15H18N2O3. The van der Waals surface area contributed by atoms with Crippen LogP contribution in [-0.2, 0) is 0 Å². The lowest BCUT2D eigenvalue weighted by Gasteiger charge is -2.18. The minimum absolute atomic E-state index is 0.271. The van der Waals surface area contributed by atoms with Crippen molar-refractivity contribution >= 4 is 5.82 Å². The molecule has 1 aromatic carbocycles. The van der Waals surface area contributed by atoms with Crippen molar-refractivity contribution in [3.63, 3.8) is 0 Å². The quantitative estimate of drug-likeness (QED) is 0.910. The van der Waals surface area contributed by atoms with Gasteiger partial charge in [-0.05, 0) is 18.1 Å². The number of rotatable bonds is 2. The lowest BCUT2D eigenvalue weighted by molar-refractivity contribution is 0.296. The number of nitrogen functional groups attached to an aromatic ring is 1. The number of hydrogen-bond donors (Lipinski definition) is 1. The maximum Gasteiger partial charge on any atom is 0.169 e. The van der Waals surface area contributed by atoms with Crippen molar-refractivity contribution in [2.75, 3.05) is 18.9 Å². The van der Waals surface area contributed by atoms with Gasteiger partial charge in [0.25, 0.3) is 0 Å². The average Bonchev–Trinajstić information content (AvgIpc) is 2.71. The Morgan fingerprint density at radius 2 is 2.00 bits per heavy atom. The van der Waals surface area contributed by atoms with Gasteiger partial charge in [0.2, 0.25) is 0 Å². The van der Waals surface area contributed by atoms with Gasteiger partial charge in [-0.15, -0.1) is 0 Å². The van der Waals surface area contributed by atoms with Crippen molar-refractivity contribution in [1.82, 2.24) is 5.16 Å². The van der Waals surface area contributed by atoms with E-state index in [-0.39, 0.29) is 5.92 Å². The van der Waals surface area contributed by atoms with Crippen molar-refractivity contribution < 1.29 is 14.0 Å². The number of nitrogens with zero attached hydrogens (tertiary/aromatic N) is 1. The Balaban J connectivity index is 2.17. The highest BCUT2D eigenvalue weighted by Crippen LogP contribution is 2.43. The first-order chi connectivity index (χ1) is 9.66. The molecule has 20 heavy (non-hydrogen) atoms. The summed E-state index contributed by atoms with van der Waals surface area (Å²) in [6, 6.07) is 5.62. The number of hydrogen-bond acceptors (Lipinski definition) is 5. The van der Waals surface area contributed by atoms with E-state index in [0.29, 0.717) is 24.8 Å². The van der Waals surface area contributed by atoms with Crippen LogP contribution >= 0.6 is 0 Å². The molecule has 0 aliphatic carbocycles. The van der Waals surface area contributed by atoms with E-state index in [9.17, 15) is 0 Å². The van der Waals surface area contributed by atoms with Gasteiger partial charge in [0.15, 0.2) is 23.1 Å². The van der Waals surface area contributed by atoms with E-state index in [1.807, 2.05) is 12.1 Å². The van der Waals surface area contributed by atoms with E-state index in [0.717, 1.165) is 29.0 Å². The molecule has 2 heterocycles. The highest BCUT2D eigenvalue weighted by atomic mass is 16.5. The zero-order chi connectivity index (χ0) is 14.1. The Morgan fingerprint density at radius 3 is 2.70 bits per heavy atom. The first-order valence-corrected chi connectivity index (χ1v) is 6.82. The van der Waals surface area contributed by atoms with Crippen LogP contribution in [0, 0.1) is 0 Å². The molecule has 0 unspecified atom stereocenters. The van der Waals surface area contributed by atoms with E-state index in [1.54, 1.807) is 6.07 Å². The first-order valence-electron chi connectivity index (χ1n) is 6.82. The molecule has 106 valence electrons. The molecule has 1 aromatic heterocycles. The van der Waals surface area contributed by atoms with Gasteiger partial charge in [0, 0.05) is 23.6 Å². The Kier molecular flexibility index (Phi) is 3.26. The van der Waals surface area contributed by atoms with Crippen molar-refractivity contribution in [1.29, 1.82) is 0 Å². The Labute approximate surface area is 117 Å². The number of ether oxygens (including phenoxy) is 2. The van der Waals surface area contributed by atoms with E-state index in [1.165, 1.54) is 0 Å². The second-order valence-corrected chi connectivity index (χ2v) is 5.18. The molecule has 3 rings (SSSR count). The third-order valence-electron chi connectivity index (χ3n) is 3.32. The van der Waals surface area contributed by atoms with Crippen molar-refractivity contribution in [3.8, 4) is 22.8 Å². The molecule has 5 heteroatoms. The fourth-order valence-electron chi connectivity index (χ4n) is 2.46. The predicted molar refractivity (Wildman–Crippen MR) is 76.0 cm³/mol. The van der Waals surface area contributed by atoms with Crippen LogP contribution in [-0.4, -0.2) is 18.4 Å². The van der Waals surface area contributed by atoms with Gasteiger partial charge in [-0.25, -0.2) is 0 Å². The number of nitrogens with two attached hydrogens (primary N) is 1. The summed E-state index contributed by atoms with van der Waals surface area (Å²) in [5.74, 6) is 2.91. The summed E-state index contributed by atoms with van der Waals surface area (Å²) in [6.45, 7) is 5.58. The molecule has 0 amide bonds. The molecule has 5 nitrogen and oxygen atoms in total. The summed E-state index contributed by atoms with van der Waals surface area (Å²) >= 11 is 0. The van der Waals surface area contributed by atoms with Crippen LogP contribution in [0.25, 0.3) is 11.3 Å². The van der Waals surface area contributed by atoms with Gasteiger partial charge < -0.3 is 19.7 Å². The molecule has 0 atom stereocenters. The van der Waals surface area contributed by atoms with Crippen molar-refractivity contribution in [3.05, 3.63) is 23.8 Å². The summed E-state index contributed by atoms with van der Waals surface area (Å²) in [4.78, 5) is 0. The van der Waals surface area contributed by atoms with Crippen molar-refractivity contribution in [2.24, 2.45) is 0 Å². The fraction of sp³-hybridized carbons (Fsp3) is 0.400. The van der Waals surface area contributed by atoms with Gasteiger partial charge in [-0.1, -0.05) is 19.0 Å². The van der Waals surface area contributed by atoms with Gasteiger partial charge in [0.05, 0.1) is 13.2 Å². The molecule has 0 bridgehead atoms. The standard InChI is InChI=1S/C15H18N2O3/c1-9(2)14-10(12-8-13(16)17-20-12)4-5-11-15(14)19-7-3-6-18-11/h4-5,8-9H,3,6-7H2,1-2H3,(H2,16,17). The second kappa shape index (κ2) is 5.07. The van der Waals surface area contributed by atoms with Crippen LogP contribution in [0.15, 0.2) is 22.7 Å². The van der Waals surface area contributed by atoms with Gasteiger partial charge in [0.1, 0.15) is 0 Å². The second-order valence-electron chi connectivity index (χ2n) is 5.18. The summed E-state index contributed by atoms with van der Waals surface area (Å²) in [5.41, 5.74) is 7.67. The lowest BCUT2D eigenvalue weighted by Crippen LogP contribution is -2.01. The molecule has 2 N–H and O–H groups in total. The van der Waals surface area contributed by atoms with Crippen LogP contribution < -0.4 is 15.2 Å². The molecule has 1 aliphatic heterocycles. The number of anilines is 1. The number of aromatic nitrogens is 1. The monoisotopic (exact) mass is 274 g/mol. The molecule has 0 spiro atoms. The SMILES string of the molecule is CC(C)c1c(-c2cc(N)no2)ccc2c1OCCCO2. The van der Waals surface area contributed by atoms with Crippen LogP contribution in [0.4, 0.5) is 5.82 Å². The van der Waals surface area contributed by atoms with Crippen molar-refractivity contribution in [2.45, 2.75) is 26.2 Å². The van der Waals surface area contributed by atoms with Crippen LogP contribution in [0.2, 0.25) is 0 Å². The maximum atomic E-state index is 5.89. The Hall–Kier alpha value is -2.17.